The van der Waals surface area contributed by atoms with E-state index in [9.17, 15) is 34.0 Å². The molecule has 0 saturated heterocycles. The van der Waals surface area contributed by atoms with Crippen LogP contribution >= 0.6 is 0 Å². The molecule has 17 heteroatoms. The number of para-hydroxylation sites is 1. The number of nitrogens with one attached hydrogen (secondary N) is 7. The summed E-state index contributed by atoms with van der Waals surface area (Å²) in [6, 6.07) is 16.5. The number of H-pyrrole nitrogens is 1. The lowest BCUT2D eigenvalue weighted by Gasteiger charge is -2.26. The van der Waals surface area contributed by atoms with Crippen molar-refractivity contribution in [3.63, 3.8) is 0 Å². The van der Waals surface area contributed by atoms with Gasteiger partial charge < -0.3 is 42.8 Å². The van der Waals surface area contributed by atoms with Crippen molar-refractivity contribution in [1.82, 2.24) is 31.7 Å². The number of rotatable bonds is 20. The highest BCUT2D eigenvalue weighted by Crippen LogP contribution is 2.21. The minimum absolute atomic E-state index is 0.0106. The standard InChI is InChI=1S/C37H45N9O8/c38-33(50)28(13-14-32(48)49)43-36(53)30(18-25-20-42-27-9-4-3-8-26(25)27)45-35(52)29(10-5-15-41-37(39)40)44-34(51)24(19-31(47)46-54)17-21-11-12-22-6-1-2-7-23(22)16-21/h1-4,6-9,11-12,16,20,24,28-30,42,54H,5,10,13-15,17-19H2,(H2,38,50)(H,43,53)(H,44,51)(H,45,52)(H,46,47)(H,48,49)(H4,39,40,41)/t24?,28?,29-,30?/m0/s1. The molecule has 17 nitrogen and oxygen atoms in total. The van der Waals surface area contributed by atoms with E-state index in [4.69, 9.17) is 22.0 Å². The van der Waals surface area contributed by atoms with E-state index in [1.165, 1.54) is 0 Å². The van der Waals surface area contributed by atoms with Gasteiger partial charge in [0.1, 0.15) is 18.1 Å². The maximum absolute atomic E-state index is 14.1. The molecule has 1 aromatic heterocycles. The lowest BCUT2D eigenvalue weighted by Crippen LogP contribution is -2.57. The molecule has 1 heterocycles. The van der Waals surface area contributed by atoms with Gasteiger partial charge in [-0.3, -0.25) is 39.4 Å². The maximum atomic E-state index is 14.1. The Morgan fingerprint density at radius 2 is 1.44 bits per heavy atom. The van der Waals surface area contributed by atoms with Crippen molar-refractivity contribution in [3.8, 4) is 0 Å². The maximum Gasteiger partial charge on any atom is 0.303 e. The van der Waals surface area contributed by atoms with Crippen molar-refractivity contribution < 1.29 is 39.1 Å². The number of guanidine groups is 1. The highest BCUT2D eigenvalue weighted by molar-refractivity contribution is 5.96. The topological polar surface area (TPSA) is 295 Å². The smallest absolute Gasteiger partial charge is 0.303 e. The van der Waals surface area contributed by atoms with Crippen molar-refractivity contribution >= 4 is 63.1 Å². The molecule has 3 aromatic carbocycles. The number of aromatic nitrogens is 1. The summed E-state index contributed by atoms with van der Waals surface area (Å²) in [5.41, 5.74) is 14.6. The number of hydroxylamine groups is 1. The number of amides is 5. The van der Waals surface area contributed by atoms with Crippen molar-refractivity contribution in [2.45, 2.75) is 63.1 Å². The first-order chi connectivity index (χ1) is 25.8. The van der Waals surface area contributed by atoms with Crippen LogP contribution in [-0.4, -0.2) is 81.4 Å². The molecular formula is C37H45N9O8. The summed E-state index contributed by atoms with van der Waals surface area (Å²) in [4.78, 5) is 80.5. The minimum atomic E-state index is -1.35. The van der Waals surface area contributed by atoms with Gasteiger partial charge in [-0.25, -0.2) is 5.48 Å². The number of aliphatic carboxylic acids is 1. The first kappa shape index (κ1) is 40.3. The van der Waals surface area contributed by atoms with Gasteiger partial charge in [-0.1, -0.05) is 60.7 Å². The Morgan fingerprint density at radius 1 is 0.778 bits per heavy atom. The zero-order chi connectivity index (χ0) is 39.2. The summed E-state index contributed by atoms with van der Waals surface area (Å²) in [5.74, 6) is -6.57. The van der Waals surface area contributed by atoms with Crippen LogP contribution < -0.4 is 38.2 Å². The van der Waals surface area contributed by atoms with E-state index in [1.807, 2.05) is 60.7 Å². The first-order valence-corrected chi connectivity index (χ1v) is 17.3. The molecule has 0 aliphatic heterocycles. The van der Waals surface area contributed by atoms with Crippen molar-refractivity contribution in [2.75, 3.05) is 6.54 Å². The van der Waals surface area contributed by atoms with Crippen LogP contribution in [0.25, 0.3) is 21.7 Å². The van der Waals surface area contributed by atoms with E-state index in [0.717, 1.165) is 27.2 Å². The number of fused-ring (bicyclic) bond motifs is 2. The average Bonchev–Trinajstić information content (AvgIpc) is 3.55. The zero-order valence-electron chi connectivity index (χ0n) is 29.4. The third-order valence-electron chi connectivity index (χ3n) is 8.88. The van der Waals surface area contributed by atoms with E-state index in [-0.39, 0.29) is 44.6 Å². The molecule has 13 N–H and O–H groups in total. The lowest BCUT2D eigenvalue weighted by atomic mass is 9.93. The van der Waals surface area contributed by atoms with Crippen LogP contribution in [0, 0.1) is 11.3 Å². The molecule has 0 bridgehead atoms. The van der Waals surface area contributed by atoms with E-state index in [2.05, 4.69) is 26.3 Å². The zero-order valence-corrected chi connectivity index (χ0v) is 29.4. The highest BCUT2D eigenvalue weighted by atomic mass is 16.5. The lowest BCUT2D eigenvalue weighted by molar-refractivity contribution is -0.138. The summed E-state index contributed by atoms with van der Waals surface area (Å²) >= 11 is 0. The number of aromatic amines is 1. The quantitative estimate of drug-likeness (QED) is 0.0198. The molecule has 286 valence electrons. The second-order valence-electron chi connectivity index (χ2n) is 12.9. The monoisotopic (exact) mass is 743 g/mol. The number of primary amides is 1. The van der Waals surface area contributed by atoms with Gasteiger partial charge in [-0.15, -0.1) is 0 Å². The van der Waals surface area contributed by atoms with Gasteiger partial charge in [-0.05, 0) is 53.6 Å². The number of hydrogen-bond donors (Lipinski definition) is 11. The summed E-state index contributed by atoms with van der Waals surface area (Å²) < 4.78 is 0. The SMILES string of the molecule is N=C(N)NCCC[C@H](NC(=O)C(CC(=O)NO)Cc1ccc2ccccc2c1)C(=O)NC(Cc1c[nH]c2ccccc12)C(=O)NC(CCC(=O)O)C(N)=O. The summed E-state index contributed by atoms with van der Waals surface area (Å²) in [7, 11) is 0. The van der Waals surface area contributed by atoms with E-state index >= 15 is 0 Å². The van der Waals surface area contributed by atoms with Gasteiger partial charge in [0.25, 0.3) is 0 Å². The third kappa shape index (κ3) is 11.8. The van der Waals surface area contributed by atoms with Crippen LogP contribution in [0.15, 0.2) is 72.9 Å². The molecule has 4 aromatic rings. The summed E-state index contributed by atoms with van der Waals surface area (Å²) in [6.45, 7) is 0.172. The Labute approximate surface area is 310 Å². The van der Waals surface area contributed by atoms with Gasteiger partial charge in [0.05, 0.1) is 5.92 Å². The van der Waals surface area contributed by atoms with Crippen molar-refractivity contribution in [3.05, 3.63) is 84.1 Å². The molecular weight excluding hydrogens is 698 g/mol. The minimum Gasteiger partial charge on any atom is -0.481 e. The van der Waals surface area contributed by atoms with Crippen LogP contribution in [0.2, 0.25) is 0 Å². The molecule has 0 saturated carbocycles. The summed E-state index contributed by atoms with van der Waals surface area (Å²) in [5, 5.41) is 39.0. The summed E-state index contributed by atoms with van der Waals surface area (Å²) in [6.07, 6.45) is 0.783. The fourth-order valence-corrected chi connectivity index (χ4v) is 6.09. The predicted molar refractivity (Wildman–Crippen MR) is 199 cm³/mol. The first-order valence-electron chi connectivity index (χ1n) is 17.3. The van der Waals surface area contributed by atoms with Crippen LogP contribution in [0.5, 0.6) is 0 Å². The fraction of sp³-hybridized carbons (Fsp3) is 0.324. The van der Waals surface area contributed by atoms with Gasteiger partial charge in [0.15, 0.2) is 5.96 Å². The third-order valence-corrected chi connectivity index (χ3v) is 8.88. The van der Waals surface area contributed by atoms with Crippen LogP contribution in [0.4, 0.5) is 0 Å². The van der Waals surface area contributed by atoms with Gasteiger partial charge in [0, 0.05) is 42.9 Å². The molecule has 54 heavy (non-hydrogen) atoms. The van der Waals surface area contributed by atoms with Crippen LogP contribution in [0.1, 0.15) is 43.2 Å². The average molecular weight is 744 g/mol. The van der Waals surface area contributed by atoms with Crippen LogP contribution in [-0.2, 0) is 41.6 Å². The second kappa shape index (κ2) is 19.4. The molecule has 0 aliphatic carbocycles. The number of hydrogen-bond acceptors (Lipinski definition) is 8. The number of carbonyl (C=O) groups is 6. The molecule has 3 unspecified atom stereocenters. The fourth-order valence-electron chi connectivity index (χ4n) is 6.09. The second-order valence-corrected chi connectivity index (χ2v) is 12.9. The Kier molecular flexibility index (Phi) is 14.5. The molecule has 5 amide bonds. The van der Waals surface area contributed by atoms with Gasteiger partial charge in [-0.2, -0.15) is 0 Å². The number of carbonyl (C=O) groups excluding carboxylic acids is 5. The predicted octanol–water partition coefficient (Wildman–Crippen LogP) is 0.686. The highest BCUT2D eigenvalue weighted by Gasteiger charge is 2.32. The Balaban J connectivity index is 1.61. The van der Waals surface area contributed by atoms with Crippen molar-refractivity contribution in [2.24, 2.45) is 17.4 Å². The van der Waals surface area contributed by atoms with Gasteiger partial charge in [0.2, 0.25) is 29.5 Å². The molecule has 4 rings (SSSR count). The normalized spacial score (nSPS) is 13.2. The molecule has 0 aliphatic rings. The Hall–Kier alpha value is -6.49. The number of benzene rings is 3. The Bertz CT molecular complexity index is 2000. The van der Waals surface area contributed by atoms with E-state index in [1.54, 1.807) is 17.7 Å². The Morgan fingerprint density at radius 3 is 2.15 bits per heavy atom. The number of carboxylic acid groups (broad SMARTS) is 1. The number of nitrogens with two attached hydrogens (primary N) is 2. The van der Waals surface area contributed by atoms with Crippen molar-refractivity contribution in [1.29, 1.82) is 5.41 Å². The number of carboxylic acids is 1. The van der Waals surface area contributed by atoms with E-state index in [0.29, 0.717) is 5.56 Å². The largest absolute Gasteiger partial charge is 0.481 e. The molecule has 4 atom stereocenters. The molecule has 0 radical (unpaired) electrons. The molecule has 0 spiro atoms. The molecule has 0 fully saturated rings. The van der Waals surface area contributed by atoms with Crippen LogP contribution in [0.3, 0.4) is 0 Å². The van der Waals surface area contributed by atoms with E-state index < -0.39 is 72.4 Å². The van der Waals surface area contributed by atoms with Gasteiger partial charge >= 0.3 is 5.97 Å².